The normalized spacial score (nSPS) is 14.0. The van der Waals surface area contributed by atoms with Crippen LogP contribution >= 0.6 is 12.4 Å². The zero-order valence-electron chi connectivity index (χ0n) is 11.6. The summed E-state index contributed by atoms with van der Waals surface area (Å²) in [6.45, 7) is 11.7. The quantitative estimate of drug-likeness (QED) is 0.697. The van der Waals surface area contributed by atoms with Crippen LogP contribution in [-0.2, 0) is 4.79 Å². The molecule has 0 saturated heterocycles. The van der Waals surface area contributed by atoms with Gasteiger partial charge >= 0.3 is 0 Å². The standard InChI is InChI=1S/C12H27N3O.ClH/c1-5-8-12(4,13)11(16)14-9-10-15(6-2)7-3;/h5-10,13H2,1-4H3,(H,14,16);1H. The molecule has 0 rings (SSSR count). The summed E-state index contributed by atoms with van der Waals surface area (Å²) >= 11 is 0. The van der Waals surface area contributed by atoms with Crippen molar-refractivity contribution < 1.29 is 4.79 Å². The fourth-order valence-electron chi connectivity index (χ4n) is 1.70. The van der Waals surface area contributed by atoms with Crippen molar-refractivity contribution in [3.63, 3.8) is 0 Å². The van der Waals surface area contributed by atoms with Gasteiger partial charge in [0.25, 0.3) is 0 Å². The van der Waals surface area contributed by atoms with Crippen LogP contribution in [0.2, 0.25) is 0 Å². The van der Waals surface area contributed by atoms with Crippen LogP contribution in [0.5, 0.6) is 0 Å². The van der Waals surface area contributed by atoms with Gasteiger partial charge in [-0.3, -0.25) is 4.79 Å². The minimum absolute atomic E-state index is 0. The molecule has 1 unspecified atom stereocenters. The highest BCUT2D eigenvalue weighted by atomic mass is 35.5. The van der Waals surface area contributed by atoms with Gasteiger partial charge < -0.3 is 16.0 Å². The molecule has 0 bridgehead atoms. The summed E-state index contributed by atoms with van der Waals surface area (Å²) in [4.78, 5) is 14.0. The Morgan fingerprint density at radius 3 is 2.24 bits per heavy atom. The lowest BCUT2D eigenvalue weighted by Crippen LogP contribution is -2.52. The van der Waals surface area contributed by atoms with Gasteiger partial charge in [0.1, 0.15) is 0 Å². The van der Waals surface area contributed by atoms with Crippen molar-refractivity contribution in [1.82, 2.24) is 10.2 Å². The molecule has 1 amide bonds. The summed E-state index contributed by atoms with van der Waals surface area (Å²) in [6, 6.07) is 0. The SMILES string of the molecule is CCCC(C)(N)C(=O)NCCN(CC)CC.Cl. The Morgan fingerprint density at radius 2 is 1.82 bits per heavy atom. The average molecular weight is 266 g/mol. The van der Waals surface area contributed by atoms with E-state index in [0.717, 1.165) is 32.5 Å². The molecule has 0 aliphatic carbocycles. The number of nitrogens with two attached hydrogens (primary N) is 1. The van der Waals surface area contributed by atoms with Gasteiger partial charge in [0, 0.05) is 13.1 Å². The molecular weight excluding hydrogens is 238 g/mol. The summed E-state index contributed by atoms with van der Waals surface area (Å²) in [6.07, 6.45) is 1.65. The van der Waals surface area contributed by atoms with Gasteiger partial charge in [0.15, 0.2) is 0 Å². The third kappa shape index (κ3) is 7.58. The van der Waals surface area contributed by atoms with Gasteiger partial charge in [-0.15, -0.1) is 12.4 Å². The summed E-state index contributed by atoms with van der Waals surface area (Å²) < 4.78 is 0. The third-order valence-electron chi connectivity index (χ3n) is 2.90. The highest BCUT2D eigenvalue weighted by Gasteiger charge is 2.26. The van der Waals surface area contributed by atoms with Crippen molar-refractivity contribution in [2.45, 2.75) is 46.1 Å². The van der Waals surface area contributed by atoms with Crippen molar-refractivity contribution in [1.29, 1.82) is 0 Å². The number of nitrogens with one attached hydrogen (secondary N) is 1. The number of hydrogen-bond donors (Lipinski definition) is 2. The molecule has 0 heterocycles. The number of rotatable bonds is 8. The van der Waals surface area contributed by atoms with Gasteiger partial charge in [-0.05, 0) is 26.4 Å². The lowest BCUT2D eigenvalue weighted by molar-refractivity contribution is -0.126. The Hall–Kier alpha value is -0.320. The van der Waals surface area contributed by atoms with E-state index in [9.17, 15) is 4.79 Å². The van der Waals surface area contributed by atoms with Crippen LogP contribution in [0, 0.1) is 0 Å². The minimum Gasteiger partial charge on any atom is -0.353 e. The highest BCUT2D eigenvalue weighted by Crippen LogP contribution is 2.07. The molecule has 17 heavy (non-hydrogen) atoms. The zero-order chi connectivity index (χ0) is 12.6. The summed E-state index contributed by atoms with van der Waals surface area (Å²) in [7, 11) is 0. The second-order valence-electron chi connectivity index (χ2n) is 4.45. The molecule has 0 aromatic rings. The van der Waals surface area contributed by atoms with Crippen molar-refractivity contribution in [2.75, 3.05) is 26.2 Å². The van der Waals surface area contributed by atoms with Gasteiger partial charge in [0.2, 0.25) is 5.91 Å². The molecule has 0 aliphatic rings. The monoisotopic (exact) mass is 265 g/mol. The average Bonchev–Trinajstić information content (AvgIpc) is 2.24. The first-order chi connectivity index (χ1) is 7.47. The Morgan fingerprint density at radius 1 is 1.29 bits per heavy atom. The fraction of sp³-hybridized carbons (Fsp3) is 0.917. The molecule has 0 aromatic heterocycles. The summed E-state index contributed by atoms with van der Waals surface area (Å²) in [5.74, 6) is -0.0403. The van der Waals surface area contributed by atoms with Gasteiger partial charge in [0.05, 0.1) is 5.54 Å². The zero-order valence-corrected chi connectivity index (χ0v) is 12.4. The first kappa shape index (κ1) is 19.0. The predicted molar refractivity (Wildman–Crippen MR) is 75.5 cm³/mol. The topological polar surface area (TPSA) is 58.4 Å². The smallest absolute Gasteiger partial charge is 0.239 e. The van der Waals surface area contributed by atoms with E-state index in [4.69, 9.17) is 5.73 Å². The van der Waals surface area contributed by atoms with Crippen LogP contribution in [0.15, 0.2) is 0 Å². The van der Waals surface area contributed by atoms with E-state index < -0.39 is 5.54 Å². The fourth-order valence-corrected chi connectivity index (χ4v) is 1.70. The third-order valence-corrected chi connectivity index (χ3v) is 2.90. The number of nitrogens with zero attached hydrogens (tertiary/aromatic N) is 1. The maximum atomic E-state index is 11.8. The Labute approximate surface area is 112 Å². The number of carbonyl (C=O) groups is 1. The van der Waals surface area contributed by atoms with Gasteiger partial charge in [-0.25, -0.2) is 0 Å². The van der Waals surface area contributed by atoms with E-state index >= 15 is 0 Å². The number of halogens is 1. The molecule has 0 aromatic carbocycles. The van der Waals surface area contributed by atoms with Crippen LogP contribution in [0.3, 0.4) is 0 Å². The van der Waals surface area contributed by atoms with Crippen LogP contribution < -0.4 is 11.1 Å². The Balaban J connectivity index is 0. The van der Waals surface area contributed by atoms with Crippen molar-refractivity contribution in [3.8, 4) is 0 Å². The van der Waals surface area contributed by atoms with Crippen molar-refractivity contribution in [2.24, 2.45) is 5.73 Å². The van der Waals surface area contributed by atoms with Crippen LogP contribution in [0.1, 0.15) is 40.5 Å². The molecule has 0 radical (unpaired) electrons. The highest BCUT2D eigenvalue weighted by molar-refractivity contribution is 5.85. The lowest BCUT2D eigenvalue weighted by Gasteiger charge is -2.24. The molecule has 5 heteroatoms. The van der Waals surface area contributed by atoms with E-state index in [1.807, 2.05) is 6.92 Å². The molecule has 104 valence electrons. The molecule has 3 N–H and O–H groups in total. The maximum Gasteiger partial charge on any atom is 0.239 e. The van der Waals surface area contributed by atoms with Crippen LogP contribution in [0.4, 0.5) is 0 Å². The first-order valence-corrected chi connectivity index (χ1v) is 6.27. The Bertz CT molecular complexity index is 206. The number of likely N-dealkylation sites (N-methyl/N-ethyl adjacent to an activating group) is 1. The van der Waals surface area contributed by atoms with E-state index in [2.05, 4.69) is 24.1 Å². The van der Waals surface area contributed by atoms with Crippen molar-refractivity contribution >= 4 is 18.3 Å². The van der Waals surface area contributed by atoms with E-state index in [1.54, 1.807) is 6.92 Å². The van der Waals surface area contributed by atoms with E-state index in [1.165, 1.54) is 0 Å². The van der Waals surface area contributed by atoms with Crippen LogP contribution in [0.25, 0.3) is 0 Å². The lowest BCUT2D eigenvalue weighted by atomic mass is 9.97. The van der Waals surface area contributed by atoms with Crippen LogP contribution in [-0.4, -0.2) is 42.5 Å². The molecule has 0 spiro atoms. The maximum absolute atomic E-state index is 11.8. The molecule has 0 aliphatic heterocycles. The summed E-state index contributed by atoms with van der Waals surface area (Å²) in [5.41, 5.74) is 5.20. The molecular formula is C12H28ClN3O. The second-order valence-corrected chi connectivity index (χ2v) is 4.45. The first-order valence-electron chi connectivity index (χ1n) is 6.27. The Kier molecular flexibility index (Phi) is 10.8. The van der Waals surface area contributed by atoms with E-state index in [0.29, 0.717) is 6.54 Å². The largest absolute Gasteiger partial charge is 0.353 e. The number of hydrogen-bond acceptors (Lipinski definition) is 3. The van der Waals surface area contributed by atoms with Gasteiger partial charge in [-0.1, -0.05) is 27.2 Å². The summed E-state index contributed by atoms with van der Waals surface area (Å²) in [5, 5.41) is 2.90. The second kappa shape index (κ2) is 9.68. The number of carbonyl (C=O) groups excluding carboxylic acids is 1. The van der Waals surface area contributed by atoms with E-state index in [-0.39, 0.29) is 18.3 Å². The number of amides is 1. The minimum atomic E-state index is -0.724. The van der Waals surface area contributed by atoms with Gasteiger partial charge in [-0.2, -0.15) is 0 Å². The van der Waals surface area contributed by atoms with Crippen molar-refractivity contribution in [3.05, 3.63) is 0 Å². The molecule has 0 fully saturated rings. The molecule has 0 saturated carbocycles. The molecule has 1 atom stereocenters. The molecule has 4 nitrogen and oxygen atoms in total. The predicted octanol–water partition coefficient (Wildman–Crippen LogP) is 1.38.